The summed E-state index contributed by atoms with van der Waals surface area (Å²) in [6.45, 7) is 0. The number of rotatable bonds is 4. The van der Waals surface area contributed by atoms with E-state index in [2.05, 4.69) is 176 Å². The minimum Gasteiger partial charge on any atom is -0.247 e. The number of nitrogens with zero attached hydrogens (tertiary/aromatic N) is 1. The van der Waals surface area contributed by atoms with E-state index < -0.39 is 0 Å². The Morgan fingerprint density at radius 1 is 0.312 bits per heavy atom. The van der Waals surface area contributed by atoms with Gasteiger partial charge in [-0.3, -0.25) is 0 Å². The zero-order valence-corrected chi connectivity index (χ0v) is 26.2. The zero-order chi connectivity index (χ0) is 31.6. The Morgan fingerprint density at radius 2 is 0.854 bits per heavy atom. The van der Waals surface area contributed by atoms with E-state index in [1.807, 2.05) is 0 Å². The van der Waals surface area contributed by atoms with Crippen molar-refractivity contribution in [3.05, 3.63) is 176 Å². The minimum absolute atomic E-state index is 1.00. The molecule has 9 aromatic rings. The highest BCUT2D eigenvalue weighted by Gasteiger charge is 2.31. The molecule has 0 fully saturated rings. The zero-order valence-electron chi connectivity index (χ0n) is 26.2. The average Bonchev–Trinajstić information content (AvgIpc) is 3.48. The Hall–Kier alpha value is -6.31. The molecule has 0 atom stereocenters. The van der Waals surface area contributed by atoms with Crippen molar-refractivity contribution in [2.24, 2.45) is 0 Å². The van der Waals surface area contributed by atoms with Crippen molar-refractivity contribution in [1.82, 2.24) is 4.98 Å². The van der Waals surface area contributed by atoms with Crippen LogP contribution in [0.4, 0.5) is 0 Å². The summed E-state index contributed by atoms with van der Waals surface area (Å²) in [7, 11) is 0. The lowest BCUT2D eigenvalue weighted by Crippen LogP contribution is -1.94. The molecule has 1 nitrogen and oxygen atoms in total. The Labute approximate surface area is 279 Å². The van der Waals surface area contributed by atoms with Gasteiger partial charge in [-0.15, -0.1) is 0 Å². The predicted molar refractivity (Wildman–Crippen MR) is 203 cm³/mol. The second kappa shape index (κ2) is 10.6. The molecule has 0 amide bonds. The van der Waals surface area contributed by atoms with Crippen molar-refractivity contribution >= 4 is 32.4 Å². The summed E-state index contributed by atoms with van der Waals surface area (Å²) >= 11 is 0. The van der Waals surface area contributed by atoms with Crippen LogP contribution in [0.15, 0.2) is 176 Å². The summed E-state index contributed by atoms with van der Waals surface area (Å²) < 4.78 is 0. The number of benzene rings is 8. The minimum atomic E-state index is 1.00. The third-order valence-corrected chi connectivity index (χ3v) is 9.94. The fourth-order valence-electron chi connectivity index (χ4n) is 7.93. The molecule has 0 aliphatic heterocycles. The van der Waals surface area contributed by atoms with Crippen LogP contribution in [0.1, 0.15) is 0 Å². The second-order valence-corrected chi connectivity index (χ2v) is 12.6. The summed E-state index contributed by atoms with van der Waals surface area (Å²) in [5, 5.41) is 6.22. The van der Waals surface area contributed by atoms with Gasteiger partial charge in [-0.25, -0.2) is 4.98 Å². The molecule has 8 aromatic carbocycles. The van der Waals surface area contributed by atoms with Crippen LogP contribution >= 0.6 is 0 Å². The Kier molecular flexibility index (Phi) is 5.94. The molecule has 1 heteroatoms. The highest BCUT2D eigenvalue weighted by molar-refractivity contribution is 6.28. The first-order valence-corrected chi connectivity index (χ1v) is 16.6. The van der Waals surface area contributed by atoms with Gasteiger partial charge in [-0.2, -0.15) is 0 Å². The van der Waals surface area contributed by atoms with Crippen molar-refractivity contribution in [1.29, 1.82) is 0 Å². The number of pyridine rings is 1. The van der Waals surface area contributed by atoms with Gasteiger partial charge in [-0.1, -0.05) is 152 Å². The van der Waals surface area contributed by atoms with E-state index in [-0.39, 0.29) is 0 Å². The summed E-state index contributed by atoms with van der Waals surface area (Å²) in [4.78, 5) is 5.37. The molecule has 48 heavy (non-hydrogen) atoms. The molecule has 0 N–H and O–H groups in total. The molecule has 1 aromatic heterocycles. The van der Waals surface area contributed by atoms with E-state index in [1.54, 1.807) is 0 Å². The van der Waals surface area contributed by atoms with Crippen LogP contribution in [-0.4, -0.2) is 4.98 Å². The van der Waals surface area contributed by atoms with Crippen LogP contribution < -0.4 is 0 Å². The Morgan fingerprint density at radius 3 is 1.52 bits per heavy atom. The van der Waals surface area contributed by atoms with Crippen molar-refractivity contribution in [3.8, 4) is 66.9 Å². The molecule has 0 spiro atoms. The van der Waals surface area contributed by atoms with Crippen LogP contribution in [0.25, 0.3) is 99.3 Å². The molecule has 1 aliphatic rings. The van der Waals surface area contributed by atoms with Gasteiger partial charge in [0.05, 0.1) is 11.2 Å². The number of hydrogen-bond acceptors (Lipinski definition) is 1. The van der Waals surface area contributed by atoms with Crippen LogP contribution in [0.2, 0.25) is 0 Å². The van der Waals surface area contributed by atoms with E-state index in [9.17, 15) is 0 Å². The SMILES string of the molecule is c1ccc(-c2cc3ccccc3nc2-c2cc3c4c(cccc4c2)-c2c-3c(-c3ccccc3)c3ccccc3c2-c2ccccc2)cc1. The normalized spacial score (nSPS) is 11.8. The molecule has 10 rings (SSSR count). The number of fused-ring (bicyclic) bond motifs is 5. The first-order chi connectivity index (χ1) is 23.8. The van der Waals surface area contributed by atoms with Crippen LogP contribution in [0.3, 0.4) is 0 Å². The fraction of sp³-hybridized carbons (Fsp3) is 0. The molecule has 1 heterocycles. The number of hydrogen-bond donors (Lipinski definition) is 0. The summed E-state index contributed by atoms with van der Waals surface area (Å²) in [6, 6.07) is 63.8. The number of para-hydroxylation sites is 1. The molecule has 0 unspecified atom stereocenters. The third kappa shape index (κ3) is 4.01. The second-order valence-electron chi connectivity index (χ2n) is 12.6. The smallest absolute Gasteiger partial charge is 0.0788 e. The lowest BCUT2D eigenvalue weighted by atomic mass is 9.82. The largest absolute Gasteiger partial charge is 0.247 e. The highest BCUT2D eigenvalue weighted by atomic mass is 14.7. The summed E-state index contributed by atoms with van der Waals surface area (Å²) in [6.07, 6.45) is 0. The average molecular weight is 608 g/mol. The maximum absolute atomic E-state index is 5.37. The Bertz CT molecular complexity index is 2690. The molecule has 1 aliphatic carbocycles. The van der Waals surface area contributed by atoms with Crippen LogP contribution in [-0.2, 0) is 0 Å². The van der Waals surface area contributed by atoms with Gasteiger partial charge in [0, 0.05) is 16.5 Å². The highest BCUT2D eigenvalue weighted by Crippen LogP contribution is 2.58. The van der Waals surface area contributed by atoms with Gasteiger partial charge >= 0.3 is 0 Å². The van der Waals surface area contributed by atoms with Gasteiger partial charge < -0.3 is 0 Å². The van der Waals surface area contributed by atoms with Crippen LogP contribution in [0, 0.1) is 0 Å². The van der Waals surface area contributed by atoms with E-state index in [4.69, 9.17) is 4.98 Å². The van der Waals surface area contributed by atoms with Crippen molar-refractivity contribution in [2.75, 3.05) is 0 Å². The molecule has 0 radical (unpaired) electrons. The Balaban J connectivity index is 1.36. The molecule has 0 bridgehead atoms. The van der Waals surface area contributed by atoms with Crippen molar-refractivity contribution < 1.29 is 0 Å². The standard InChI is InChI=1S/C47H29N/c1-4-15-30(16-5-1)39-28-33-21-10-13-26-41(33)48-47(39)35-27-34-22-14-25-38-42(34)40(29-35)46-44(32-19-8-3-9-20-32)37-24-12-11-23-36(37)43(45(38)46)31-17-6-2-7-18-31/h1-29H. The fourth-order valence-corrected chi connectivity index (χ4v) is 7.93. The van der Waals surface area contributed by atoms with Gasteiger partial charge in [0.25, 0.3) is 0 Å². The third-order valence-electron chi connectivity index (χ3n) is 9.94. The maximum Gasteiger partial charge on any atom is 0.0788 e. The molecular formula is C47H29N. The number of aromatic nitrogens is 1. The topological polar surface area (TPSA) is 12.9 Å². The van der Waals surface area contributed by atoms with Gasteiger partial charge in [0.15, 0.2) is 0 Å². The summed E-state index contributed by atoms with van der Waals surface area (Å²) in [5.41, 5.74) is 15.6. The van der Waals surface area contributed by atoms with Gasteiger partial charge in [-0.05, 0) is 95.9 Å². The first kappa shape index (κ1) is 26.9. The van der Waals surface area contributed by atoms with Crippen molar-refractivity contribution in [2.45, 2.75) is 0 Å². The van der Waals surface area contributed by atoms with Crippen LogP contribution in [0.5, 0.6) is 0 Å². The first-order valence-electron chi connectivity index (χ1n) is 16.6. The quantitative estimate of drug-likeness (QED) is 0.194. The molecular weight excluding hydrogens is 579 g/mol. The van der Waals surface area contributed by atoms with Gasteiger partial charge in [0.1, 0.15) is 0 Å². The predicted octanol–water partition coefficient (Wildman–Crippen LogP) is 12.9. The lowest BCUT2D eigenvalue weighted by molar-refractivity contribution is 1.40. The van der Waals surface area contributed by atoms with Crippen molar-refractivity contribution in [3.63, 3.8) is 0 Å². The maximum atomic E-state index is 5.37. The lowest BCUT2D eigenvalue weighted by Gasteiger charge is -2.20. The molecule has 222 valence electrons. The monoisotopic (exact) mass is 607 g/mol. The van der Waals surface area contributed by atoms with Gasteiger partial charge in [0.2, 0.25) is 0 Å². The van der Waals surface area contributed by atoms with E-state index in [0.717, 1.165) is 27.7 Å². The van der Waals surface area contributed by atoms with E-state index in [0.29, 0.717) is 0 Å². The summed E-state index contributed by atoms with van der Waals surface area (Å²) in [5.74, 6) is 0. The molecule has 0 saturated heterocycles. The molecule has 0 saturated carbocycles. The van der Waals surface area contributed by atoms with E-state index >= 15 is 0 Å². The van der Waals surface area contributed by atoms with E-state index in [1.165, 1.54) is 71.6 Å².